The minimum atomic E-state index is -0.0197. The fraction of sp³-hybridized carbons (Fsp3) is 0.409. The first-order chi connectivity index (χ1) is 12.7. The molecule has 0 saturated carbocycles. The Morgan fingerprint density at radius 1 is 1.00 bits per heavy atom. The van der Waals surface area contributed by atoms with Crippen LogP contribution in [0.4, 0.5) is 5.69 Å². The Hall–Kier alpha value is -2.49. The third-order valence-corrected chi connectivity index (χ3v) is 5.11. The van der Waals surface area contributed by atoms with Gasteiger partial charge in [-0.2, -0.15) is 0 Å². The number of carbonyl (C=O) groups excluding carboxylic acids is 1. The van der Waals surface area contributed by atoms with Gasteiger partial charge in [-0.15, -0.1) is 0 Å². The van der Waals surface area contributed by atoms with Gasteiger partial charge in [0.25, 0.3) is 0 Å². The molecule has 1 amide bonds. The van der Waals surface area contributed by atoms with Gasteiger partial charge >= 0.3 is 0 Å². The van der Waals surface area contributed by atoms with Crippen LogP contribution < -0.4 is 9.64 Å². The lowest BCUT2D eigenvalue weighted by molar-refractivity contribution is -0.133. The SMILES string of the molecule is CCCC(C(=O)N1CCN(c2ccc(OC)cc2)CC1)c1ccccc1. The van der Waals surface area contributed by atoms with Crippen molar-refractivity contribution in [3.8, 4) is 5.75 Å². The molecule has 1 aliphatic rings. The first-order valence-corrected chi connectivity index (χ1v) is 9.45. The van der Waals surface area contributed by atoms with Gasteiger partial charge in [0.15, 0.2) is 0 Å². The quantitative estimate of drug-likeness (QED) is 0.790. The summed E-state index contributed by atoms with van der Waals surface area (Å²) < 4.78 is 5.22. The summed E-state index contributed by atoms with van der Waals surface area (Å²) in [7, 11) is 1.68. The molecule has 0 aliphatic carbocycles. The number of ether oxygens (including phenoxy) is 1. The van der Waals surface area contributed by atoms with Crippen molar-refractivity contribution in [1.82, 2.24) is 4.90 Å². The number of methoxy groups -OCH3 is 1. The van der Waals surface area contributed by atoms with Gasteiger partial charge in [-0.3, -0.25) is 4.79 Å². The standard InChI is InChI=1S/C22H28N2O2/c1-3-7-21(18-8-5-4-6-9-18)22(25)24-16-14-23(15-17-24)19-10-12-20(26-2)13-11-19/h4-6,8-13,21H,3,7,14-17H2,1-2H3. The molecule has 138 valence electrons. The van der Waals surface area contributed by atoms with Crippen LogP contribution in [-0.4, -0.2) is 44.1 Å². The van der Waals surface area contributed by atoms with E-state index in [-0.39, 0.29) is 11.8 Å². The highest BCUT2D eigenvalue weighted by molar-refractivity contribution is 5.84. The van der Waals surface area contributed by atoms with E-state index in [0.29, 0.717) is 0 Å². The Morgan fingerprint density at radius 3 is 2.23 bits per heavy atom. The van der Waals surface area contributed by atoms with Crippen molar-refractivity contribution >= 4 is 11.6 Å². The number of carbonyl (C=O) groups is 1. The summed E-state index contributed by atoms with van der Waals surface area (Å²) in [5, 5.41) is 0. The van der Waals surface area contributed by atoms with Crippen molar-refractivity contribution in [2.75, 3.05) is 38.2 Å². The number of hydrogen-bond donors (Lipinski definition) is 0. The molecule has 1 unspecified atom stereocenters. The molecule has 0 aromatic heterocycles. The molecule has 4 heteroatoms. The van der Waals surface area contributed by atoms with E-state index >= 15 is 0 Å². The molecule has 2 aromatic rings. The molecular formula is C22H28N2O2. The van der Waals surface area contributed by atoms with Crippen LogP contribution in [0.2, 0.25) is 0 Å². The summed E-state index contributed by atoms with van der Waals surface area (Å²) in [5.41, 5.74) is 2.32. The molecular weight excluding hydrogens is 324 g/mol. The van der Waals surface area contributed by atoms with Gasteiger partial charge in [-0.25, -0.2) is 0 Å². The highest BCUT2D eigenvalue weighted by Crippen LogP contribution is 2.26. The van der Waals surface area contributed by atoms with Crippen molar-refractivity contribution in [2.45, 2.75) is 25.7 Å². The van der Waals surface area contributed by atoms with E-state index in [1.165, 1.54) is 5.69 Å². The van der Waals surface area contributed by atoms with Crippen LogP contribution in [0.25, 0.3) is 0 Å². The van der Waals surface area contributed by atoms with Crippen molar-refractivity contribution in [1.29, 1.82) is 0 Å². The number of piperazine rings is 1. The van der Waals surface area contributed by atoms with Crippen molar-refractivity contribution in [2.24, 2.45) is 0 Å². The summed E-state index contributed by atoms with van der Waals surface area (Å²) in [4.78, 5) is 17.5. The number of benzene rings is 2. The zero-order chi connectivity index (χ0) is 18.4. The Bertz CT molecular complexity index is 692. The third kappa shape index (κ3) is 4.18. The first-order valence-electron chi connectivity index (χ1n) is 9.45. The second-order valence-electron chi connectivity index (χ2n) is 6.76. The molecule has 0 bridgehead atoms. The largest absolute Gasteiger partial charge is 0.497 e. The summed E-state index contributed by atoms with van der Waals surface area (Å²) >= 11 is 0. The number of rotatable bonds is 6. The van der Waals surface area contributed by atoms with E-state index in [0.717, 1.165) is 50.3 Å². The van der Waals surface area contributed by atoms with Crippen LogP contribution in [0.1, 0.15) is 31.2 Å². The molecule has 2 aromatic carbocycles. The smallest absolute Gasteiger partial charge is 0.230 e. The molecule has 26 heavy (non-hydrogen) atoms. The molecule has 1 aliphatic heterocycles. The van der Waals surface area contributed by atoms with Crippen LogP contribution in [0.15, 0.2) is 54.6 Å². The lowest BCUT2D eigenvalue weighted by Gasteiger charge is -2.37. The number of nitrogens with zero attached hydrogens (tertiary/aromatic N) is 2. The maximum Gasteiger partial charge on any atom is 0.230 e. The monoisotopic (exact) mass is 352 g/mol. The molecule has 0 N–H and O–H groups in total. The van der Waals surface area contributed by atoms with E-state index in [1.54, 1.807) is 7.11 Å². The van der Waals surface area contributed by atoms with Crippen LogP contribution in [0, 0.1) is 0 Å². The summed E-state index contributed by atoms with van der Waals surface area (Å²) in [6.07, 6.45) is 1.92. The highest BCUT2D eigenvalue weighted by atomic mass is 16.5. The Morgan fingerprint density at radius 2 is 1.65 bits per heavy atom. The number of amides is 1. The average molecular weight is 352 g/mol. The minimum Gasteiger partial charge on any atom is -0.497 e. The summed E-state index contributed by atoms with van der Waals surface area (Å²) in [5.74, 6) is 1.12. The Balaban J connectivity index is 1.63. The van der Waals surface area contributed by atoms with Crippen LogP contribution >= 0.6 is 0 Å². The molecule has 4 nitrogen and oxygen atoms in total. The van der Waals surface area contributed by atoms with Gasteiger partial charge < -0.3 is 14.5 Å². The van der Waals surface area contributed by atoms with Gasteiger partial charge in [-0.1, -0.05) is 43.7 Å². The fourth-order valence-corrected chi connectivity index (χ4v) is 3.61. The predicted octanol–water partition coefficient (Wildman–Crippen LogP) is 3.93. The van der Waals surface area contributed by atoms with Gasteiger partial charge in [0.05, 0.1) is 13.0 Å². The van der Waals surface area contributed by atoms with Crippen molar-refractivity contribution in [3.63, 3.8) is 0 Å². The third-order valence-electron chi connectivity index (χ3n) is 5.11. The second-order valence-corrected chi connectivity index (χ2v) is 6.76. The fourth-order valence-electron chi connectivity index (χ4n) is 3.61. The number of hydrogen-bond acceptors (Lipinski definition) is 3. The summed E-state index contributed by atoms with van der Waals surface area (Å²) in [6, 6.07) is 18.3. The number of anilines is 1. The van der Waals surface area contributed by atoms with E-state index in [1.807, 2.05) is 35.2 Å². The zero-order valence-electron chi connectivity index (χ0n) is 15.7. The van der Waals surface area contributed by atoms with Gasteiger partial charge in [0.2, 0.25) is 5.91 Å². The van der Waals surface area contributed by atoms with Crippen molar-refractivity contribution < 1.29 is 9.53 Å². The molecule has 0 radical (unpaired) electrons. The molecule has 1 heterocycles. The van der Waals surface area contributed by atoms with Gasteiger partial charge in [-0.05, 0) is 36.2 Å². The van der Waals surface area contributed by atoms with E-state index in [2.05, 4.69) is 36.1 Å². The second kappa shape index (κ2) is 8.75. The topological polar surface area (TPSA) is 32.8 Å². The van der Waals surface area contributed by atoms with E-state index < -0.39 is 0 Å². The molecule has 1 saturated heterocycles. The zero-order valence-corrected chi connectivity index (χ0v) is 15.7. The highest BCUT2D eigenvalue weighted by Gasteiger charge is 2.28. The lowest BCUT2D eigenvalue weighted by Crippen LogP contribution is -2.50. The van der Waals surface area contributed by atoms with Gasteiger partial charge in [0, 0.05) is 31.9 Å². The molecule has 3 rings (SSSR count). The predicted molar refractivity (Wildman–Crippen MR) is 106 cm³/mol. The maximum absolute atomic E-state index is 13.1. The normalized spacial score (nSPS) is 15.6. The average Bonchev–Trinajstić information content (AvgIpc) is 2.72. The minimum absolute atomic E-state index is 0.0197. The van der Waals surface area contributed by atoms with Gasteiger partial charge in [0.1, 0.15) is 5.75 Å². The maximum atomic E-state index is 13.1. The molecule has 1 fully saturated rings. The Labute approximate surface area is 156 Å². The van der Waals surface area contributed by atoms with Crippen LogP contribution in [0.3, 0.4) is 0 Å². The van der Waals surface area contributed by atoms with Crippen LogP contribution in [0.5, 0.6) is 5.75 Å². The molecule has 1 atom stereocenters. The summed E-state index contributed by atoms with van der Waals surface area (Å²) in [6.45, 7) is 5.43. The Kier molecular flexibility index (Phi) is 6.16. The first kappa shape index (κ1) is 18.3. The lowest BCUT2D eigenvalue weighted by atomic mass is 9.93. The van der Waals surface area contributed by atoms with Crippen molar-refractivity contribution in [3.05, 3.63) is 60.2 Å². The van der Waals surface area contributed by atoms with E-state index in [4.69, 9.17) is 4.74 Å². The molecule has 0 spiro atoms. The van der Waals surface area contributed by atoms with Crippen LogP contribution in [-0.2, 0) is 4.79 Å². The van der Waals surface area contributed by atoms with E-state index in [9.17, 15) is 4.79 Å².